The van der Waals surface area contributed by atoms with Crippen molar-refractivity contribution < 1.29 is 22.7 Å². The smallest absolute Gasteiger partial charge is 0.264 e. The van der Waals surface area contributed by atoms with E-state index in [1.54, 1.807) is 24.3 Å². The topological polar surface area (TPSA) is 84.9 Å². The van der Waals surface area contributed by atoms with Gasteiger partial charge in [0.05, 0.1) is 35.9 Å². The second kappa shape index (κ2) is 11.9. The average molecular weight is 503 g/mol. The quantitative estimate of drug-likeness (QED) is 0.397. The molecule has 34 heavy (non-hydrogen) atoms. The highest BCUT2D eigenvalue weighted by atomic mass is 35.5. The van der Waals surface area contributed by atoms with E-state index in [0.717, 1.165) is 15.4 Å². The summed E-state index contributed by atoms with van der Waals surface area (Å²) in [5.74, 6) is -0.0657. The molecule has 7 nitrogen and oxygen atoms in total. The minimum Gasteiger partial charge on any atom is -0.495 e. The molecule has 0 fully saturated rings. The lowest BCUT2D eigenvalue weighted by atomic mass is 10.2. The fourth-order valence-electron chi connectivity index (χ4n) is 3.18. The van der Waals surface area contributed by atoms with Crippen LogP contribution in [0.25, 0.3) is 0 Å². The number of halogens is 1. The predicted octanol–water partition coefficient (Wildman–Crippen LogP) is 4.19. The van der Waals surface area contributed by atoms with Crippen LogP contribution < -0.4 is 14.4 Å². The van der Waals surface area contributed by atoms with Gasteiger partial charge in [-0.1, -0.05) is 59.6 Å². The molecule has 1 N–H and O–H groups in total. The average Bonchev–Trinajstić information content (AvgIpc) is 2.83. The fourth-order valence-corrected chi connectivity index (χ4v) is 4.84. The monoisotopic (exact) mass is 502 g/mol. The number of carbonyl (C=O) groups is 1. The van der Waals surface area contributed by atoms with E-state index in [9.17, 15) is 13.2 Å². The maximum absolute atomic E-state index is 13.4. The van der Waals surface area contributed by atoms with Gasteiger partial charge in [0, 0.05) is 6.54 Å². The number of rotatable bonds is 11. The first-order chi connectivity index (χ1) is 16.3. The zero-order chi connectivity index (χ0) is 24.6. The first kappa shape index (κ1) is 25.6. The highest BCUT2D eigenvalue weighted by Gasteiger charge is 2.27. The third-order valence-corrected chi connectivity index (χ3v) is 7.08. The molecular weight excluding hydrogens is 476 g/mol. The third-order valence-electron chi connectivity index (χ3n) is 5.00. The van der Waals surface area contributed by atoms with Crippen molar-refractivity contribution in [3.8, 4) is 5.75 Å². The number of benzene rings is 3. The van der Waals surface area contributed by atoms with Gasteiger partial charge < -0.3 is 14.8 Å². The maximum Gasteiger partial charge on any atom is 0.264 e. The Morgan fingerprint density at radius 2 is 1.74 bits per heavy atom. The first-order valence-corrected chi connectivity index (χ1v) is 12.4. The van der Waals surface area contributed by atoms with Crippen molar-refractivity contribution in [2.24, 2.45) is 0 Å². The van der Waals surface area contributed by atoms with Crippen LogP contribution >= 0.6 is 11.6 Å². The molecule has 0 saturated carbocycles. The Morgan fingerprint density at radius 3 is 2.38 bits per heavy atom. The van der Waals surface area contributed by atoms with Crippen LogP contribution in [0.2, 0.25) is 5.02 Å². The minimum absolute atomic E-state index is 0.0732. The summed E-state index contributed by atoms with van der Waals surface area (Å²) in [4.78, 5) is 12.7. The summed E-state index contributed by atoms with van der Waals surface area (Å²) in [5.41, 5.74) is 2.20. The predicted molar refractivity (Wildman–Crippen MR) is 133 cm³/mol. The molecule has 180 valence electrons. The second-order valence-corrected chi connectivity index (χ2v) is 9.80. The molecule has 0 atom stereocenters. The molecule has 9 heteroatoms. The summed E-state index contributed by atoms with van der Waals surface area (Å²) < 4.78 is 38.6. The molecule has 0 aliphatic rings. The number of amides is 1. The van der Waals surface area contributed by atoms with Crippen molar-refractivity contribution >= 4 is 33.2 Å². The van der Waals surface area contributed by atoms with Crippen molar-refractivity contribution in [1.82, 2.24) is 5.32 Å². The van der Waals surface area contributed by atoms with Gasteiger partial charge in [0.2, 0.25) is 5.91 Å². The Bertz CT molecular complexity index is 1200. The number of nitrogens with zero attached hydrogens (tertiary/aromatic N) is 1. The van der Waals surface area contributed by atoms with Gasteiger partial charge >= 0.3 is 0 Å². The molecule has 0 aliphatic carbocycles. The van der Waals surface area contributed by atoms with Gasteiger partial charge in [-0.05, 0) is 42.8 Å². The number of hydrogen-bond acceptors (Lipinski definition) is 5. The Balaban J connectivity index is 1.71. The van der Waals surface area contributed by atoms with E-state index in [-0.39, 0.29) is 22.2 Å². The van der Waals surface area contributed by atoms with E-state index in [1.165, 1.54) is 25.3 Å². The summed E-state index contributed by atoms with van der Waals surface area (Å²) in [6.07, 6.45) is 0. The Hall–Kier alpha value is -3.07. The highest BCUT2D eigenvalue weighted by molar-refractivity contribution is 7.92. The SMILES string of the molecule is COc1ccc(N(CC(=O)NCCOCc2ccccc2)S(=O)(=O)c2ccc(C)cc2)cc1Cl. The van der Waals surface area contributed by atoms with Gasteiger partial charge in [-0.3, -0.25) is 9.10 Å². The van der Waals surface area contributed by atoms with Crippen LogP contribution in [0.15, 0.2) is 77.7 Å². The number of carbonyl (C=O) groups excluding carboxylic acids is 1. The molecule has 0 saturated heterocycles. The molecule has 0 spiro atoms. The summed E-state index contributed by atoms with van der Waals surface area (Å²) in [5, 5.41) is 2.95. The van der Waals surface area contributed by atoms with Gasteiger partial charge in [-0.2, -0.15) is 0 Å². The molecule has 3 rings (SSSR count). The number of methoxy groups -OCH3 is 1. The van der Waals surface area contributed by atoms with E-state index in [1.807, 2.05) is 37.3 Å². The lowest BCUT2D eigenvalue weighted by Gasteiger charge is -2.24. The van der Waals surface area contributed by atoms with E-state index in [4.69, 9.17) is 21.1 Å². The summed E-state index contributed by atoms with van der Waals surface area (Å²) in [7, 11) is -2.56. The van der Waals surface area contributed by atoms with Crippen molar-refractivity contribution in [3.63, 3.8) is 0 Å². The number of hydrogen-bond donors (Lipinski definition) is 1. The van der Waals surface area contributed by atoms with Crippen molar-refractivity contribution in [2.45, 2.75) is 18.4 Å². The normalized spacial score (nSPS) is 11.1. The van der Waals surface area contributed by atoms with Crippen LogP contribution in [0.4, 0.5) is 5.69 Å². The molecular formula is C25H27ClN2O5S. The van der Waals surface area contributed by atoms with E-state index in [0.29, 0.717) is 19.0 Å². The van der Waals surface area contributed by atoms with Crippen molar-refractivity contribution in [2.75, 3.05) is 31.1 Å². The first-order valence-electron chi connectivity index (χ1n) is 10.6. The summed E-state index contributed by atoms with van der Waals surface area (Å²) >= 11 is 6.23. The van der Waals surface area contributed by atoms with Gasteiger partial charge in [0.25, 0.3) is 10.0 Å². The second-order valence-electron chi connectivity index (χ2n) is 7.53. The van der Waals surface area contributed by atoms with Crippen LogP contribution in [-0.4, -0.2) is 41.1 Å². The molecule has 0 aromatic heterocycles. The van der Waals surface area contributed by atoms with Crippen molar-refractivity contribution in [1.29, 1.82) is 0 Å². The van der Waals surface area contributed by atoms with Crippen LogP contribution in [0.5, 0.6) is 5.75 Å². The number of aryl methyl sites for hydroxylation is 1. The van der Waals surface area contributed by atoms with E-state index in [2.05, 4.69) is 5.32 Å². The van der Waals surface area contributed by atoms with Crippen molar-refractivity contribution in [3.05, 3.63) is 88.9 Å². The number of sulfonamides is 1. The summed E-state index contributed by atoms with van der Waals surface area (Å²) in [6, 6.07) is 20.7. The minimum atomic E-state index is -4.03. The van der Waals surface area contributed by atoms with Gasteiger partial charge in [-0.25, -0.2) is 8.42 Å². The number of ether oxygens (including phenoxy) is 2. The molecule has 3 aromatic carbocycles. The molecule has 0 aliphatic heterocycles. The standard InChI is InChI=1S/C25H27ClN2O5S/c1-19-8-11-22(12-9-19)34(30,31)28(21-10-13-24(32-2)23(26)16-21)17-25(29)27-14-15-33-18-20-6-4-3-5-7-20/h3-13,16H,14-15,17-18H2,1-2H3,(H,27,29). The Labute approximate surface area is 205 Å². The summed E-state index contributed by atoms with van der Waals surface area (Å²) in [6.45, 7) is 2.41. The fraction of sp³-hybridized carbons (Fsp3) is 0.240. The Kier molecular flexibility index (Phi) is 8.92. The molecule has 1 amide bonds. The molecule has 0 radical (unpaired) electrons. The number of nitrogens with one attached hydrogen (secondary N) is 1. The molecule has 3 aromatic rings. The van der Waals surface area contributed by atoms with Crippen LogP contribution in [-0.2, 0) is 26.2 Å². The lowest BCUT2D eigenvalue weighted by Crippen LogP contribution is -2.41. The van der Waals surface area contributed by atoms with Gasteiger partial charge in [0.15, 0.2) is 0 Å². The van der Waals surface area contributed by atoms with Crippen LogP contribution in [0.1, 0.15) is 11.1 Å². The van der Waals surface area contributed by atoms with Gasteiger partial charge in [0.1, 0.15) is 12.3 Å². The maximum atomic E-state index is 13.4. The number of anilines is 1. The van der Waals surface area contributed by atoms with E-state index >= 15 is 0 Å². The zero-order valence-electron chi connectivity index (χ0n) is 19.0. The molecule has 0 heterocycles. The zero-order valence-corrected chi connectivity index (χ0v) is 20.6. The largest absolute Gasteiger partial charge is 0.495 e. The van der Waals surface area contributed by atoms with Crippen LogP contribution in [0, 0.1) is 6.92 Å². The third kappa shape index (κ3) is 6.72. The molecule has 0 unspecified atom stereocenters. The van der Waals surface area contributed by atoms with Crippen LogP contribution in [0.3, 0.4) is 0 Å². The highest BCUT2D eigenvalue weighted by Crippen LogP contribution is 2.31. The van der Waals surface area contributed by atoms with E-state index < -0.39 is 22.5 Å². The Morgan fingerprint density at radius 1 is 1.03 bits per heavy atom. The molecule has 0 bridgehead atoms. The van der Waals surface area contributed by atoms with Gasteiger partial charge in [-0.15, -0.1) is 0 Å². The lowest BCUT2D eigenvalue weighted by molar-refractivity contribution is -0.119.